The number of carboxylic acids is 1. The van der Waals surface area contributed by atoms with E-state index < -0.39 is 17.9 Å². The van der Waals surface area contributed by atoms with Gasteiger partial charge in [0.05, 0.1) is 13.5 Å². The number of carbonyl (C=O) groups excluding carboxylic acids is 1. The summed E-state index contributed by atoms with van der Waals surface area (Å²) in [6, 6.07) is 6.48. The standard InChI is InChI=1S/C12H14O5/c1-17-9-4-2-3-8(7-9)12(16)10(13)5-6-11(14)15/h2-4,7,12,16H,5-6H2,1H3,(H,14,15)/t12-/m1/s1. The molecule has 1 aromatic rings. The van der Waals surface area contributed by atoms with E-state index in [0.29, 0.717) is 11.3 Å². The maximum Gasteiger partial charge on any atom is 0.303 e. The minimum Gasteiger partial charge on any atom is -0.497 e. The second-order valence-electron chi connectivity index (χ2n) is 3.54. The van der Waals surface area contributed by atoms with Gasteiger partial charge in [-0.3, -0.25) is 9.59 Å². The van der Waals surface area contributed by atoms with Crippen LogP contribution in [0.4, 0.5) is 0 Å². The maximum absolute atomic E-state index is 11.5. The highest BCUT2D eigenvalue weighted by molar-refractivity contribution is 5.86. The maximum atomic E-state index is 11.5. The summed E-state index contributed by atoms with van der Waals surface area (Å²) in [5.74, 6) is -1.04. The predicted octanol–water partition coefficient (Wildman–Crippen LogP) is 1.16. The number of carbonyl (C=O) groups is 2. The molecule has 0 heterocycles. The van der Waals surface area contributed by atoms with Crippen LogP contribution in [0, 0.1) is 0 Å². The molecule has 92 valence electrons. The zero-order chi connectivity index (χ0) is 12.8. The van der Waals surface area contributed by atoms with Crippen LogP contribution in [0.3, 0.4) is 0 Å². The zero-order valence-corrected chi connectivity index (χ0v) is 9.42. The first-order chi connectivity index (χ1) is 8.04. The fraction of sp³-hybridized carbons (Fsp3) is 0.333. The Labute approximate surface area is 98.6 Å². The van der Waals surface area contributed by atoms with Gasteiger partial charge in [0.2, 0.25) is 0 Å². The Kier molecular flexibility index (Phi) is 4.66. The van der Waals surface area contributed by atoms with E-state index in [1.54, 1.807) is 24.3 Å². The third-order valence-electron chi connectivity index (χ3n) is 2.30. The quantitative estimate of drug-likeness (QED) is 0.777. The average molecular weight is 238 g/mol. The first-order valence-electron chi connectivity index (χ1n) is 5.11. The Balaban J connectivity index is 2.70. The number of ketones is 1. The Hall–Kier alpha value is -1.88. The van der Waals surface area contributed by atoms with Gasteiger partial charge in [-0.2, -0.15) is 0 Å². The lowest BCUT2D eigenvalue weighted by atomic mass is 10.0. The Morgan fingerprint density at radius 1 is 1.35 bits per heavy atom. The SMILES string of the molecule is COc1cccc([C@@H](O)C(=O)CCC(=O)O)c1. The number of ether oxygens (including phenoxy) is 1. The topological polar surface area (TPSA) is 83.8 Å². The van der Waals surface area contributed by atoms with Crippen molar-refractivity contribution in [2.75, 3.05) is 7.11 Å². The molecule has 0 radical (unpaired) electrons. The highest BCUT2D eigenvalue weighted by Crippen LogP contribution is 2.20. The van der Waals surface area contributed by atoms with Gasteiger partial charge in [0.1, 0.15) is 11.9 Å². The fourth-order valence-corrected chi connectivity index (χ4v) is 1.36. The van der Waals surface area contributed by atoms with Gasteiger partial charge < -0.3 is 14.9 Å². The highest BCUT2D eigenvalue weighted by atomic mass is 16.5. The summed E-state index contributed by atoms with van der Waals surface area (Å²) in [5.41, 5.74) is 0.403. The van der Waals surface area contributed by atoms with Crippen LogP contribution in [0.2, 0.25) is 0 Å². The van der Waals surface area contributed by atoms with Gasteiger partial charge >= 0.3 is 5.97 Å². The number of methoxy groups -OCH3 is 1. The molecule has 5 heteroatoms. The van der Waals surface area contributed by atoms with E-state index in [-0.39, 0.29) is 12.8 Å². The zero-order valence-electron chi connectivity index (χ0n) is 9.42. The molecule has 0 aliphatic rings. The molecule has 0 saturated carbocycles. The lowest BCUT2D eigenvalue weighted by Crippen LogP contribution is -2.13. The van der Waals surface area contributed by atoms with E-state index in [1.165, 1.54) is 7.11 Å². The van der Waals surface area contributed by atoms with Crippen molar-refractivity contribution < 1.29 is 24.5 Å². The highest BCUT2D eigenvalue weighted by Gasteiger charge is 2.18. The van der Waals surface area contributed by atoms with E-state index >= 15 is 0 Å². The van der Waals surface area contributed by atoms with Crippen LogP contribution >= 0.6 is 0 Å². The lowest BCUT2D eigenvalue weighted by Gasteiger charge is -2.10. The number of benzene rings is 1. The summed E-state index contributed by atoms with van der Waals surface area (Å²) in [5, 5.41) is 18.2. The van der Waals surface area contributed by atoms with Crippen molar-refractivity contribution in [1.82, 2.24) is 0 Å². The molecule has 1 rings (SSSR count). The largest absolute Gasteiger partial charge is 0.497 e. The van der Waals surface area contributed by atoms with Crippen LogP contribution in [0.15, 0.2) is 24.3 Å². The van der Waals surface area contributed by atoms with Crippen LogP contribution in [0.1, 0.15) is 24.5 Å². The summed E-state index contributed by atoms with van der Waals surface area (Å²) in [7, 11) is 1.48. The van der Waals surface area contributed by atoms with Gasteiger partial charge in [-0.05, 0) is 17.7 Å². The third-order valence-corrected chi connectivity index (χ3v) is 2.30. The molecular weight excluding hydrogens is 224 g/mol. The molecule has 0 aliphatic carbocycles. The van der Waals surface area contributed by atoms with E-state index in [0.717, 1.165) is 0 Å². The number of Topliss-reactive ketones (excluding diaryl/α,β-unsaturated/α-hetero) is 1. The van der Waals surface area contributed by atoms with E-state index in [9.17, 15) is 14.7 Å². The van der Waals surface area contributed by atoms with Crippen molar-refractivity contribution in [3.05, 3.63) is 29.8 Å². The van der Waals surface area contributed by atoms with E-state index in [4.69, 9.17) is 9.84 Å². The molecule has 1 aromatic carbocycles. The Bertz CT molecular complexity index is 413. The van der Waals surface area contributed by atoms with Crippen LogP contribution in [0.5, 0.6) is 5.75 Å². The van der Waals surface area contributed by atoms with E-state index in [2.05, 4.69) is 0 Å². The van der Waals surface area contributed by atoms with Gasteiger partial charge in [0, 0.05) is 6.42 Å². The number of hydrogen-bond acceptors (Lipinski definition) is 4. The summed E-state index contributed by atoms with van der Waals surface area (Å²) in [6.45, 7) is 0. The Morgan fingerprint density at radius 3 is 2.65 bits per heavy atom. The molecule has 0 amide bonds. The van der Waals surface area contributed by atoms with Gasteiger partial charge in [0.25, 0.3) is 0 Å². The van der Waals surface area contributed by atoms with Crippen LogP contribution in [-0.4, -0.2) is 29.1 Å². The second-order valence-corrected chi connectivity index (χ2v) is 3.54. The minimum absolute atomic E-state index is 0.187. The Morgan fingerprint density at radius 2 is 2.06 bits per heavy atom. The van der Waals surface area contributed by atoms with Crippen molar-refractivity contribution in [3.63, 3.8) is 0 Å². The molecular formula is C12H14O5. The molecule has 0 unspecified atom stereocenters. The van der Waals surface area contributed by atoms with Crippen molar-refractivity contribution in [3.8, 4) is 5.75 Å². The first kappa shape index (κ1) is 13.2. The van der Waals surface area contributed by atoms with Crippen LogP contribution in [-0.2, 0) is 9.59 Å². The summed E-state index contributed by atoms with van der Waals surface area (Å²) >= 11 is 0. The van der Waals surface area contributed by atoms with Crippen molar-refractivity contribution in [1.29, 1.82) is 0 Å². The number of rotatable bonds is 6. The average Bonchev–Trinajstić information content (AvgIpc) is 2.35. The summed E-state index contributed by atoms with van der Waals surface area (Å²) in [6.07, 6.45) is -1.77. The molecule has 0 spiro atoms. The summed E-state index contributed by atoms with van der Waals surface area (Å²) < 4.78 is 4.97. The molecule has 5 nitrogen and oxygen atoms in total. The fourth-order valence-electron chi connectivity index (χ4n) is 1.36. The smallest absolute Gasteiger partial charge is 0.303 e. The van der Waals surface area contributed by atoms with Crippen molar-refractivity contribution in [2.45, 2.75) is 18.9 Å². The van der Waals surface area contributed by atoms with Gasteiger partial charge in [-0.1, -0.05) is 12.1 Å². The number of aliphatic hydroxyl groups is 1. The van der Waals surface area contributed by atoms with Gasteiger partial charge in [-0.25, -0.2) is 0 Å². The number of aliphatic carboxylic acids is 1. The summed E-state index contributed by atoms with van der Waals surface area (Å²) in [4.78, 5) is 21.8. The molecule has 0 aliphatic heterocycles. The number of carboxylic acid groups (broad SMARTS) is 1. The molecule has 2 N–H and O–H groups in total. The first-order valence-corrected chi connectivity index (χ1v) is 5.11. The number of hydrogen-bond donors (Lipinski definition) is 2. The second kappa shape index (κ2) is 6.00. The molecule has 0 bridgehead atoms. The van der Waals surface area contributed by atoms with Gasteiger partial charge in [-0.15, -0.1) is 0 Å². The van der Waals surface area contributed by atoms with Crippen molar-refractivity contribution >= 4 is 11.8 Å². The van der Waals surface area contributed by atoms with E-state index in [1.807, 2.05) is 0 Å². The molecule has 0 fully saturated rings. The van der Waals surface area contributed by atoms with Crippen LogP contribution < -0.4 is 4.74 Å². The molecule has 17 heavy (non-hydrogen) atoms. The monoisotopic (exact) mass is 238 g/mol. The minimum atomic E-state index is -1.30. The van der Waals surface area contributed by atoms with Gasteiger partial charge in [0.15, 0.2) is 5.78 Å². The normalized spacial score (nSPS) is 11.9. The van der Waals surface area contributed by atoms with Crippen molar-refractivity contribution in [2.24, 2.45) is 0 Å². The third kappa shape index (κ3) is 3.88. The molecule has 0 saturated heterocycles. The molecule has 0 aromatic heterocycles. The predicted molar refractivity (Wildman–Crippen MR) is 59.8 cm³/mol. The molecule has 1 atom stereocenters. The lowest BCUT2D eigenvalue weighted by molar-refractivity contribution is -0.139. The van der Waals surface area contributed by atoms with Crippen LogP contribution in [0.25, 0.3) is 0 Å². The number of aliphatic hydroxyl groups excluding tert-OH is 1.